The Balaban J connectivity index is 2.72. The Hall–Kier alpha value is -2.01. The molecular formula is C12H8ClFN2O2. The molecule has 0 fully saturated rings. The van der Waals surface area contributed by atoms with E-state index in [0.717, 1.165) is 0 Å². The Labute approximate surface area is 107 Å². The van der Waals surface area contributed by atoms with Gasteiger partial charge in [0.25, 0.3) is 0 Å². The van der Waals surface area contributed by atoms with Crippen LogP contribution in [0, 0.1) is 5.82 Å². The molecule has 1 aromatic heterocycles. The van der Waals surface area contributed by atoms with Gasteiger partial charge in [0, 0.05) is 5.56 Å². The Morgan fingerprint density at radius 2 is 2.17 bits per heavy atom. The van der Waals surface area contributed by atoms with E-state index >= 15 is 0 Å². The topological polar surface area (TPSA) is 52.1 Å². The smallest absolute Gasteiger partial charge is 0.155 e. The number of aromatic nitrogens is 2. The maximum Gasteiger partial charge on any atom is 0.155 e. The Morgan fingerprint density at radius 1 is 1.39 bits per heavy atom. The van der Waals surface area contributed by atoms with E-state index in [4.69, 9.17) is 16.3 Å². The molecule has 0 bridgehead atoms. The predicted molar refractivity (Wildman–Crippen MR) is 64.4 cm³/mol. The molecule has 0 saturated carbocycles. The minimum atomic E-state index is -0.461. The van der Waals surface area contributed by atoms with Crippen molar-refractivity contribution in [3.8, 4) is 17.0 Å². The first-order valence-corrected chi connectivity index (χ1v) is 5.34. The van der Waals surface area contributed by atoms with Crippen molar-refractivity contribution < 1.29 is 13.9 Å². The Morgan fingerprint density at radius 3 is 2.83 bits per heavy atom. The van der Waals surface area contributed by atoms with E-state index < -0.39 is 5.82 Å². The minimum Gasteiger partial charge on any atom is -0.496 e. The highest BCUT2D eigenvalue weighted by Crippen LogP contribution is 2.32. The highest BCUT2D eigenvalue weighted by atomic mass is 35.5. The van der Waals surface area contributed by atoms with Gasteiger partial charge in [0.05, 0.1) is 18.4 Å². The molecule has 0 atom stereocenters. The molecule has 0 amide bonds. The van der Waals surface area contributed by atoms with Crippen LogP contribution in [0.1, 0.15) is 10.4 Å². The number of carbonyl (C=O) groups is 1. The number of hydrogen-bond donors (Lipinski definition) is 0. The quantitative estimate of drug-likeness (QED) is 0.633. The number of nitrogens with zero attached hydrogens (tertiary/aromatic N) is 2. The summed E-state index contributed by atoms with van der Waals surface area (Å²) in [5.74, 6) is -0.0633. The third kappa shape index (κ3) is 2.17. The van der Waals surface area contributed by atoms with Gasteiger partial charge < -0.3 is 4.74 Å². The summed E-state index contributed by atoms with van der Waals surface area (Å²) >= 11 is 5.80. The SMILES string of the molecule is COc1ccc(F)cc1-c1ncnc(Cl)c1C=O. The van der Waals surface area contributed by atoms with Gasteiger partial charge in [-0.1, -0.05) is 11.6 Å². The van der Waals surface area contributed by atoms with Crippen LogP contribution in [0.3, 0.4) is 0 Å². The van der Waals surface area contributed by atoms with Gasteiger partial charge in [-0.25, -0.2) is 14.4 Å². The fraction of sp³-hybridized carbons (Fsp3) is 0.0833. The third-order valence-corrected chi connectivity index (χ3v) is 2.67. The summed E-state index contributed by atoms with van der Waals surface area (Å²) in [6.07, 6.45) is 1.73. The highest BCUT2D eigenvalue weighted by molar-refractivity contribution is 6.32. The lowest BCUT2D eigenvalue weighted by Gasteiger charge is -2.09. The molecule has 1 heterocycles. The molecule has 0 aliphatic carbocycles. The maximum absolute atomic E-state index is 13.3. The second-order valence-corrected chi connectivity index (χ2v) is 3.75. The van der Waals surface area contributed by atoms with Crippen LogP contribution < -0.4 is 4.74 Å². The molecule has 0 radical (unpaired) electrons. The molecule has 18 heavy (non-hydrogen) atoms. The number of ether oxygens (including phenoxy) is 1. The molecule has 0 aliphatic heterocycles. The van der Waals surface area contributed by atoms with Crippen molar-refractivity contribution in [3.63, 3.8) is 0 Å². The van der Waals surface area contributed by atoms with Crippen LogP contribution in [-0.4, -0.2) is 23.4 Å². The average molecular weight is 267 g/mol. The number of benzene rings is 1. The fourth-order valence-corrected chi connectivity index (χ4v) is 1.74. The van der Waals surface area contributed by atoms with Gasteiger partial charge in [-0.2, -0.15) is 0 Å². The van der Waals surface area contributed by atoms with E-state index in [1.807, 2.05) is 0 Å². The number of aldehydes is 1. The third-order valence-electron chi connectivity index (χ3n) is 2.37. The van der Waals surface area contributed by atoms with Gasteiger partial charge in [-0.15, -0.1) is 0 Å². The summed E-state index contributed by atoms with van der Waals surface area (Å²) in [6, 6.07) is 3.94. The summed E-state index contributed by atoms with van der Waals surface area (Å²) in [4.78, 5) is 18.7. The summed E-state index contributed by atoms with van der Waals surface area (Å²) in [7, 11) is 1.44. The monoisotopic (exact) mass is 266 g/mol. The van der Waals surface area contributed by atoms with E-state index in [-0.39, 0.29) is 16.4 Å². The lowest BCUT2D eigenvalue weighted by Crippen LogP contribution is -1.98. The van der Waals surface area contributed by atoms with Crippen LogP contribution in [0.5, 0.6) is 5.75 Å². The predicted octanol–water partition coefficient (Wildman–Crippen LogP) is 2.76. The van der Waals surface area contributed by atoms with Crippen LogP contribution in [0.2, 0.25) is 5.15 Å². The minimum absolute atomic E-state index is 0.0151. The molecule has 0 spiro atoms. The van der Waals surface area contributed by atoms with E-state index in [1.165, 1.54) is 31.6 Å². The van der Waals surface area contributed by atoms with E-state index in [2.05, 4.69) is 9.97 Å². The zero-order chi connectivity index (χ0) is 13.1. The highest BCUT2D eigenvalue weighted by Gasteiger charge is 2.15. The van der Waals surface area contributed by atoms with Crippen LogP contribution in [0.4, 0.5) is 4.39 Å². The Bertz CT molecular complexity index is 605. The molecule has 0 unspecified atom stereocenters. The van der Waals surface area contributed by atoms with Crippen LogP contribution in [-0.2, 0) is 0 Å². The number of methoxy groups -OCH3 is 1. The van der Waals surface area contributed by atoms with Gasteiger partial charge in [-0.05, 0) is 18.2 Å². The van der Waals surface area contributed by atoms with Crippen molar-refractivity contribution in [1.29, 1.82) is 0 Å². The van der Waals surface area contributed by atoms with Crippen molar-refractivity contribution in [2.75, 3.05) is 7.11 Å². The van der Waals surface area contributed by atoms with Gasteiger partial charge in [-0.3, -0.25) is 4.79 Å². The van der Waals surface area contributed by atoms with Crippen molar-refractivity contribution in [3.05, 3.63) is 41.1 Å². The molecule has 2 aromatic rings. The Kier molecular flexibility index (Phi) is 3.53. The second-order valence-electron chi connectivity index (χ2n) is 3.39. The molecular weight excluding hydrogens is 259 g/mol. The van der Waals surface area contributed by atoms with E-state index in [9.17, 15) is 9.18 Å². The first kappa shape index (κ1) is 12.4. The fourth-order valence-electron chi connectivity index (χ4n) is 1.56. The molecule has 1 aromatic carbocycles. The molecule has 6 heteroatoms. The van der Waals surface area contributed by atoms with Crippen LogP contribution in [0.25, 0.3) is 11.3 Å². The van der Waals surface area contributed by atoms with Crippen molar-refractivity contribution in [2.24, 2.45) is 0 Å². The zero-order valence-corrected chi connectivity index (χ0v) is 10.1. The maximum atomic E-state index is 13.3. The van der Waals surface area contributed by atoms with Gasteiger partial charge in [0.1, 0.15) is 23.0 Å². The summed E-state index contributed by atoms with van der Waals surface area (Å²) in [5.41, 5.74) is 0.688. The summed E-state index contributed by atoms with van der Waals surface area (Å²) in [5, 5.41) is 0.0151. The normalized spacial score (nSPS) is 10.2. The number of hydrogen-bond acceptors (Lipinski definition) is 4. The van der Waals surface area contributed by atoms with Gasteiger partial charge in [0.2, 0.25) is 0 Å². The van der Waals surface area contributed by atoms with E-state index in [1.54, 1.807) is 0 Å². The number of carbonyl (C=O) groups excluding carboxylic acids is 1. The van der Waals surface area contributed by atoms with Crippen molar-refractivity contribution >= 4 is 17.9 Å². The zero-order valence-electron chi connectivity index (χ0n) is 9.35. The first-order chi connectivity index (χ1) is 8.67. The van der Waals surface area contributed by atoms with Crippen molar-refractivity contribution in [1.82, 2.24) is 9.97 Å². The average Bonchev–Trinajstić information content (AvgIpc) is 2.38. The first-order valence-electron chi connectivity index (χ1n) is 4.97. The molecule has 0 aliphatic rings. The van der Waals surface area contributed by atoms with Crippen LogP contribution >= 0.6 is 11.6 Å². The number of halogens is 2. The summed E-state index contributed by atoms with van der Waals surface area (Å²) < 4.78 is 18.4. The number of rotatable bonds is 3. The lowest BCUT2D eigenvalue weighted by atomic mass is 10.1. The molecule has 4 nitrogen and oxygen atoms in total. The van der Waals surface area contributed by atoms with Gasteiger partial charge >= 0.3 is 0 Å². The van der Waals surface area contributed by atoms with E-state index in [0.29, 0.717) is 17.6 Å². The van der Waals surface area contributed by atoms with Gasteiger partial charge in [0.15, 0.2) is 6.29 Å². The molecule has 0 saturated heterocycles. The molecule has 2 rings (SSSR count). The largest absolute Gasteiger partial charge is 0.496 e. The standard InChI is InChI=1S/C12H8ClFN2O2/c1-18-10-3-2-7(14)4-8(10)11-9(5-17)12(13)16-6-15-11/h2-6H,1H3. The molecule has 92 valence electrons. The summed E-state index contributed by atoms with van der Waals surface area (Å²) in [6.45, 7) is 0. The van der Waals surface area contributed by atoms with Crippen molar-refractivity contribution in [2.45, 2.75) is 0 Å². The lowest BCUT2D eigenvalue weighted by molar-refractivity contribution is 0.112. The van der Waals surface area contributed by atoms with Crippen LogP contribution in [0.15, 0.2) is 24.5 Å². The molecule has 0 N–H and O–H groups in total. The second kappa shape index (κ2) is 5.10.